The number of halogens is 1. The topological polar surface area (TPSA) is 42.1 Å². The van der Waals surface area contributed by atoms with Gasteiger partial charge in [-0.3, -0.25) is 4.79 Å². The Kier molecular flexibility index (Phi) is 3.01. The maximum absolute atomic E-state index is 10.3. The van der Waals surface area contributed by atoms with E-state index in [1.807, 2.05) is 31.2 Å². The summed E-state index contributed by atoms with van der Waals surface area (Å²) >= 11 is 3.36. The van der Waals surface area contributed by atoms with E-state index in [-0.39, 0.29) is 0 Å². The summed E-state index contributed by atoms with van der Waals surface area (Å²) in [5, 5.41) is 1.16. The summed E-state index contributed by atoms with van der Waals surface area (Å²) in [6.07, 6.45) is 0.598. The van der Waals surface area contributed by atoms with E-state index in [1.54, 1.807) is 0 Å². The second kappa shape index (κ2) is 4.29. The van der Waals surface area contributed by atoms with Gasteiger partial charge in [-0.2, -0.15) is 0 Å². The van der Waals surface area contributed by atoms with Crippen LogP contribution in [0.1, 0.15) is 12.6 Å². The van der Waals surface area contributed by atoms with Gasteiger partial charge in [-0.25, -0.2) is 0 Å². The van der Waals surface area contributed by atoms with E-state index in [9.17, 15) is 4.79 Å². The molecule has 0 saturated carbocycles. The summed E-state index contributed by atoms with van der Waals surface area (Å²) < 4.78 is 4.29. The molecule has 1 aromatic carbocycles. The number of carbonyl (C=O) groups excluding carboxylic acids is 1. The zero-order chi connectivity index (χ0) is 11.6. The number of aromatic nitrogens is 1. The summed E-state index contributed by atoms with van der Waals surface area (Å²) in [6, 6.07) is 10.1. The van der Waals surface area contributed by atoms with Gasteiger partial charge in [0.1, 0.15) is 0 Å². The highest BCUT2D eigenvalue weighted by atomic mass is 79.9. The smallest absolute Gasteiger partial charge is 0.294 e. The van der Waals surface area contributed by atoms with Gasteiger partial charge in [-0.15, -0.1) is 0 Å². The molecular formula is C12H12BrNO2. The molecule has 0 aliphatic rings. The quantitative estimate of drug-likeness (QED) is 0.692. The average Bonchev–Trinajstić information content (AvgIpc) is 2.58. The number of alkyl halides is 1. The number of benzene rings is 1. The zero-order valence-electron chi connectivity index (χ0n) is 8.87. The zero-order valence-corrected chi connectivity index (χ0v) is 10.5. The first-order valence-electron chi connectivity index (χ1n) is 4.98. The van der Waals surface area contributed by atoms with Crippen LogP contribution in [0, 0.1) is 0 Å². The van der Waals surface area contributed by atoms with Gasteiger partial charge >= 0.3 is 0 Å². The third-order valence-electron chi connectivity index (χ3n) is 2.39. The molecule has 1 N–H and O–H groups in total. The Balaban J connectivity index is 2.24. The minimum atomic E-state index is -0.657. The van der Waals surface area contributed by atoms with Crippen LogP contribution in [0.3, 0.4) is 0 Å². The number of carbonyl (C=O) groups is 1. The van der Waals surface area contributed by atoms with Crippen LogP contribution < -0.4 is 0 Å². The summed E-state index contributed by atoms with van der Waals surface area (Å²) in [4.78, 5) is 13.6. The molecule has 0 bridgehead atoms. The number of rotatable bonds is 4. The fourth-order valence-electron chi connectivity index (χ4n) is 1.71. The lowest BCUT2D eigenvalue weighted by atomic mass is 10.2. The van der Waals surface area contributed by atoms with Crippen LogP contribution in [0.15, 0.2) is 30.3 Å². The molecule has 1 unspecified atom stereocenters. The summed E-state index contributed by atoms with van der Waals surface area (Å²) in [5.74, 6) is 0. The molecule has 0 radical (unpaired) electrons. The number of fused-ring (bicyclic) bond motifs is 1. The first-order valence-corrected chi connectivity index (χ1v) is 5.77. The molecule has 84 valence electrons. The van der Waals surface area contributed by atoms with Gasteiger partial charge in [-0.05, 0) is 40.4 Å². The standard InChI is InChI=1S/C12H12BrNO2/c1-12(13,16-8-15)7-10-6-9-4-2-3-5-11(9)14-10/h2-6,8,14H,7H2,1H3. The maximum atomic E-state index is 10.3. The van der Waals surface area contributed by atoms with Crippen molar-refractivity contribution in [2.75, 3.05) is 0 Å². The SMILES string of the molecule is CC(Br)(Cc1cc2ccccc2[nH]1)OC=O. The molecular weight excluding hydrogens is 270 g/mol. The molecule has 0 aliphatic carbocycles. The van der Waals surface area contributed by atoms with E-state index in [1.165, 1.54) is 0 Å². The lowest BCUT2D eigenvalue weighted by molar-refractivity contribution is -0.134. The van der Waals surface area contributed by atoms with Gasteiger partial charge in [0.05, 0.1) is 0 Å². The minimum absolute atomic E-state index is 0.456. The highest BCUT2D eigenvalue weighted by Crippen LogP contribution is 2.25. The molecule has 1 aromatic heterocycles. The van der Waals surface area contributed by atoms with Crippen molar-refractivity contribution in [2.45, 2.75) is 17.9 Å². The number of hydrogen-bond donors (Lipinski definition) is 1. The van der Waals surface area contributed by atoms with Crippen molar-refractivity contribution in [1.82, 2.24) is 4.98 Å². The first kappa shape index (κ1) is 11.2. The van der Waals surface area contributed by atoms with E-state index in [2.05, 4.69) is 27.0 Å². The van der Waals surface area contributed by atoms with Crippen molar-refractivity contribution in [3.05, 3.63) is 36.0 Å². The average molecular weight is 282 g/mol. The molecule has 0 fully saturated rings. The third kappa shape index (κ3) is 2.44. The Bertz CT molecular complexity index is 471. The number of aromatic amines is 1. The second-order valence-corrected chi connectivity index (χ2v) is 5.55. The molecule has 0 saturated heterocycles. The lowest BCUT2D eigenvalue weighted by Gasteiger charge is -2.19. The number of hydrogen-bond acceptors (Lipinski definition) is 2. The molecule has 2 rings (SSSR count). The third-order valence-corrected chi connectivity index (χ3v) is 2.85. The van der Waals surface area contributed by atoms with Gasteiger partial charge in [-0.1, -0.05) is 18.2 Å². The Morgan fingerprint density at radius 2 is 2.25 bits per heavy atom. The largest absolute Gasteiger partial charge is 0.449 e. The van der Waals surface area contributed by atoms with Crippen LogP contribution in [-0.4, -0.2) is 16.0 Å². The molecule has 4 heteroatoms. The summed E-state index contributed by atoms with van der Waals surface area (Å²) in [7, 11) is 0. The molecule has 3 nitrogen and oxygen atoms in total. The second-order valence-electron chi connectivity index (χ2n) is 3.87. The Morgan fingerprint density at radius 3 is 2.94 bits per heavy atom. The highest BCUT2D eigenvalue weighted by Gasteiger charge is 2.22. The van der Waals surface area contributed by atoms with E-state index < -0.39 is 4.51 Å². The van der Waals surface area contributed by atoms with Gasteiger partial charge in [0, 0.05) is 17.6 Å². The number of ether oxygens (including phenoxy) is 1. The predicted molar refractivity (Wildman–Crippen MR) is 66.5 cm³/mol. The van der Waals surface area contributed by atoms with E-state index >= 15 is 0 Å². The minimum Gasteiger partial charge on any atom is -0.449 e. The Hall–Kier alpha value is -1.29. The molecule has 1 heterocycles. The summed E-state index contributed by atoms with van der Waals surface area (Å²) in [5.41, 5.74) is 2.12. The van der Waals surface area contributed by atoms with Crippen molar-refractivity contribution in [2.24, 2.45) is 0 Å². The number of H-pyrrole nitrogens is 1. The lowest BCUT2D eigenvalue weighted by Crippen LogP contribution is -2.22. The molecule has 0 aliphatic heterocycles. The monoisotopic (exact) mass is 281 g/mol. The van der Waals surface area contributed by atoms with Gasteiger partial charge < -0.3 is 9.72 Å². The number of nitrogens with one attached hydrogen (secondary N) is 1. The van der Waals surface area contributed by atoms with Crippen molar-refractivity contribution >= 4 is 33.3 Å². The van der Waals surface area contributed by atoms with Crippen molar-refractivity contribution in [3.8, 4) is 0 Å². The van der Waals surface area contributed by atoms with Crippen LogP contribution in [-0.2, 0) is 16.0 Å². The molecule has 0 spiro atoms. The highest BCUT2D eigenvalue weighted by molar-refractivity contribution is 9.10. The fourth-order valence-corrected chi connectivity index (χ4v) is 2.09. The van der Waals surface area contributed by atoms with E-state index in [0.29, 0.717) is 12.9 Å². The van der Waals surface area contributed by atoms with Crippen LogP contribution in [0.25, 0.3) is 10.9 Å². The van der Waals surface area contributed by atoms with Crippen LogP contribution >= 0.6 is 15.9 Å². The van der Waals surface area contributed by atoms with Crippen LogP contribution in [0.5, 0.6) is 0 Å². The molecule has 1 atom stereocenters. The Morgan fingerprint density at radius 1 is 1.50 bits per heavy atom. The predicted octanol–water partition coefficient (Wildman–Crippen LogP) is 2.99. The normalized spacial score (nSPS) is 14.6. The molecule has 16 heavy (non-hydrogen) atoms. The molecule has 0 amide bonds. The maximum Gasteiger partial charge on any atom is 0.294 e. The van der Waals surface area contributed by atoms with Crippen molar-refractivity contribution in [3.63, 3.8) is 0 Å². The first-order chi connectivity index (χ1) is 7.61. The van der Waals surface area contributed by atoms with Gasteiger partial charge in [0.25, 0.3) is 6.47 Å². The van der Waals surface area contributed by atoms with Crippen molar-refractivity contribution < 1.29 is 9.53 Å². The Labute approximate surface area is 102 Å². The van der Waals surface area contributed by atoms with Gasteiger partial charge in [0.15, 0.2) is 4.51 Å². The molecule has 2 aromatic rings. The van der Waals surface area contributed by atoms with E-state index in [0.717, 1.165) is 16.6 Å². The van der Waals surface area contributed by atoms with Gasteiger partial charge in [0.2, 0.25) is 0 Å². The number of para-hydroxylation sites is 1. The van der Waals surface area contributed by atoms with E-state index in [4.69, 9.17) is 4.74 Å². The van der Waals surface area contributed by atoms with Crippen LogP contribution in [0.4, 0.5) is 0 Å². The fraction of sp³-hybridized carbons (Fsp3) is 0.250. The summed E-state index contributed by atoms with van der Waals surface area (Å²) in [6.45, 7) is 2.27. The van der Waals surface area contributed by atoms with Crippen molar-refractivity contribution in [1.29, 1.82) is 0 Å². The van der Waals surface area contributed by atoms with Crippen LogP contribution in [0.2, 0.25) is 0 Å².